The Morgan fingerprint density at radius 3 is 2.05 bits per heavy atom. The minimum atomic E-state index is -0.613. The zero-order valence-corrected chi connectivity index (χ0v) is 10.4. The quantitative estimate of drug-likeness (QED) is 0.850. The average Bonchev–Trinajstić information content (AvgIpc) is 2.46. The number of rotatable bonds is 4. The molecule has 2 aromatic rings. The van der Waals surface area contributed by atoms with E-state index in [1.165, 1.54) is 0 Å². The predicted molar refractivity (Wildman–Crippen MR) is 71.4 cm³/mol. The monoisotopic (exact) mass is 255 g/mol. The van der Waals surface area contributed by atoms with Crippen LogP contribution < -0.4 is 10.5 Å². The van der Waals surface area contributed by atoms with Crippen LogP contribution in [0.3, 0.4) is 0 Å². The van der Waals surface area contributed by atoms with E-state index in [0.717, 1.165) is 0 Å². The van der Waals surface area contributed by atoms with Gasteiger partial charge in [-0.05, 0) is 30.3 Å². The van der Waals surface area contributed by atoms with Crippen LogP contribution in [-0.2, 0) is 0 Å². The highest BCUT2D eigenvalue weighted by atomic mass is 16.5. The lowest BCUT2D eigenvalue weighted by Gasteiger charge is -2.06. The number of methoxy groups -OCH3 is 1. The average molecular weight is 255 g/mol. The van der Waals surface area contributed by atoms with Crippen LogP contribution in [0, 0.1) is 0 Å². The number of carbonyl (C=O) groups is 2. The van der Waals surface area contributed by atoms with E-state index in [1.54, 1.807) is 55.6 Å². The van der Waals surface area contributed by atoms with Gasteiger partial charge in [0, 0.05) is 11.1 Å². The fraction of sp³-hybridized carbons (Fsp3) is 0.0667. The number of hydrogen-bond acceptors (Lipinski definition) is 3. The minimum absolute atomic E-state index is 0.225. The fourth-order valence-electron chi connectivity index (χ4n) is 1.79. The topological polar surface area (TPSA) is 69.4 Å². The van der Waals surface area contributed by atoms with Gasteiger partial charge in [0.15, 0.2) is 5.78 Å². The number of primary amides is 1. The molecule has 0 saturated heterocycles. The molecule has 0 aromatic heterocycles. The predicted octanol–water partition coefficient (Wildman–Crippen LogP) is 2.03. The van der Waals surface area contributed by atoms with Gasteiger partial charge >= 0.3 is 0 Å². The molecule has 0 radical (unpaired) electrons. The first-order valence-electron chi connectivity index (χ1n) is 5.71. The number of carbonyl (C=O) groups excluding carboxylic acids is 2. The van der Waals surface area contributed by atoms with E-state index in [-0.39, 0.29) is 11.3 Å². The molecule has 0 bridgehead atoms. The van der Waals surface area contributed by atoms with Gasteiger partial charge in [0.25, 0.3) is 0 Å². The van der Waals surface area contributed by atoms with Crippen molar-refractivity contribution in [2.45, 2.75) is 0 Å². The summed E-state index contributed by atoms with van der Waals surface area (Å²) >= 11 is 0. The summed E-state index contributed by atoms with van der Waals surface area (Å²) in [6.07, 6.45) is 0. The molecule has 0 atom stereocenters. The number of nitrogens with two attached hydrogens (primary N) is 1. The van der Waals surface area contributed by atoms with Gasteiger partial charge in [0.1, 0.15) is 5.75 Å². The lowest BCUT2D eigenvalue weighted by atomic mass is 9.98. The van der Waals surface area contributed by atoms with E-state index < -0.39 is 5.91 Å². The molecule has 0 aliphatic heterocycles. The molecule has 4 heteroatoms. The van der Waals surface area contributed by atoms with Crippen LogP contribution in [0.4, 0.5) is 0 Å². The fourth-order valence-corrected chi connectivity index (χ4v) is 1.79. The molecule has 2 N–H and O–H groups in total. The van der Waals surface area contributed by atoms with Crippen LogP contribution in [0.2, 0.25) is 0 Å². The van der Waals surface area contributed by atoms with Gasteiger partial charge in [-0.2, -0.15) is 0 Å². The molecule has 0 aliphatic rings. The second-order valence-electron chi connectivity index (χ2n) is 3.97. The highest BCUT2D eigenvalue weighted by molar-refractivity contribution is 6.15. The van der Waals surface area contributed by atoms with Gasteiger partial charge in [-0.15, -0.1) is 0 Å². The van der Waals surface area contributed by atoms with E-state index in [4.69, 9.17) is 10.5 Å². The lowest BCUT2D eigenvalue weighted by Crippen LogP contribution is -2.16. The Labute approximate surface area is 110 Å². The van der Waals surface area contributed by atoms with Crippen molar-refractivity contribution in [3.8, 4) is 5.75 Å². The van der Waals surface area contributed by atoms with Crippen molar-refractivity contribution in [1.82, 2.24) is 0 Å². The lowest BCUT2D eigenvalue weighted by molar-refractivity contribution is 0.0981. The zero-order valence-electron chi connectivity index (χ0n) is 10.4. The summed E-state index contributed by atoms with van der Waals surface area (Å²) in [7, 11) is 1.55. The van der Waals surface area contributed by atoms with Crippen molar-refractivity contribution < 1.29 is 14.3 Å². The highest BCUT2D eigenvalue weighted by Gasteiger charge is 2.15. The second-order valence-corrected chi connectivity index (χ2v) is 3.97. The molecular formula is C15H13NO3. The van der Waals surface area contributed by atoms with Crippen LogP contribution in [0.15, 0.2) is 48.5 Å². The Balaban J connectivity index is 2.41. The third kappa shape index (κ3) is 2.63. The van der Waals surface area contributed by atoms with Gasteiger partial charge in [-0.3, -0.25) is 9.59 Å². The first-order valence-corrected chi connectivity index (χ1v) is 5.71. The maximum atomic E-state index is 12.3. The van der Waals surface area contributed by atoms with Crippen molar-refractivity contribution >= 4 is 11.7 Å². The number of ether oxygens (including phenoxy) is 1. The maximum Gasteiger partial charge on any atom is 0.249 e. The van der Waals surface area contributed by atoms with Crippen LogP contribution in [0.5, 0.6) is 5.75 Å². The first kappa shape index (κ1) is 12.8. The van der Waals surface area contributed by atoms with Gasteiger partial charge in [0.2, 0.25) is 5.91 Å². The van der Waals surface area contributed by atoms with Crippen molar-refractivity contribution in [3.63, 3.8) is 0 Å². The van der Waals surface area contributed by atoms with Crippen molar-refractivity contribution in [3.05, 3.63) is 65.2 Å². The van der Waals surface area contributed by atoms with Gasteiger partial charge in [-0.1, -0.05) is 18.2 Å². The van der Waals surface area contributed by atoms with Crippen LogP contribution >= 0.6 is 0 Å². The normalized spacial score (nSPS) is 9.95. The van der Waals surface area contributed by atoms with Gasteiger partial charge in [-0.25, -0.2) is 0 Å². The molecule has 0 saturated carbocycles. The van der Waals surface area contributed by atoms with E-state index in [9.17, 15) is 9.59 Å². The van der Waals surface area contributed by atoms with E-state index in [2.05, 4.69) is 0 Å². The summed E-state index contributed by atoms with van der Waals surface area (Å²) in [6.45, 7) is 0. The standard InChI is InChI=1S/C15H13NO3/c1-19-11-8-6-10(7-9-11)14(17)12-4-2-3-5-13(12)15(16)18/h2-9H,1H3,(H2,16,18). The zero-order chi connectivity index (χ0) is 13.8. The molecule has 19 heavy (non-hydrogen) atoms. The SMILES string of the molecule is COc1ccc(C(=O)c2ccccc2C(N)=O)cc1. The minimum Gasteiger partial charge on any atom is -0.497 e. The second kappa shape index (κ2) is 5.35. The van der Waals surface area contributed by atoms with Crippen molar-refractivity contribution in [1.29, 1.82) is 0 Å². The smallest absolute Gasteiger partial charge is 0.249 e. The highest BCUT2D eigenvalue weighted by Crippen LogP contribution is 2.17. The first-order chi connectivity index (χ1) is 9.13. The van der Waals surface area contributed by atoms with Crippen LogP contribution in [0.25, 0.3) is 0 Å². The summed E-state index contributed by atoms with van der Waals surface area (Å²) in [5.41, 5.74) is 6.28. The van der Waals surface area contributed by atoms with Crippen molar-refractivity contribution in [2.75, 3.05) is 7.11 Å². The third-order valence-electron chi connectivity index (χ3n) is 2.79. The maximum absolute atomic E-state index is 12.3. The summed E-state index contributed by atoms with van der Waals surface area (Å²) < 4.78 is 5.03. The number of benzene rings is 2. The molecular weight excluding hydrogens is 242 g/mol. The molecule has 0 aliphatic carbocycles. The number of ketones is 1. The molecule has 2 rings (SSSR count). The summed E-state index contributed by atoms with van der Waals surface area (Å²) in [4.78, 5) is 23.6. The van der Waals surface area contributed by atoms with Crippen molar-refractivity contribution in [2.24, 2.45) is 5.73 Å². The van der Waals surface area contributed by atoms with Crippen LogP contribution in [-0.4, -0.2) is 18.8 Å². The van der Waals surface area contributed by atoms with E-state index >= 15 is 0 Å². The molecule has 1 amide bonds. The molecule has 0 heterocycles. The Bertz CT molecular complexity index is 618. The van der Waals surface area contributed by atoms with Crippen LogP contribution in [0.1, 0.15) is 26.3 Å². The Morgan fingerprint density at radius 2 is 1.53 bits per heavy atom. The third-order valence-corrected chi connectivity index (χ3v) is 2.79. The molecule has 4 nitrogen and oxygen atoms in total. The molecule has 0 spiro atoms. The molecule has 0 unspecified atom stereocenters. The number of hydrogen-bond donors (Lipinski definition) is 1. The summed E-state index contributed by atoms with van der Waals surface area (Å²) in [5.74, 6) is -0.186. The Morgan fingerprint density at radius 1 is 0.947 bits per heavy atom. The molecule has 2 aromatic carbocycles. The molecule has 96 valence electrons. The summed E-state index contributed by atoms with van der Waals surface area (Å²) in [5, 5.41) is 0. The Hall–Kier alpha value is -2.62. The molecule has 0 fully saturated rings. The van der Waals surface area contributed by atoms with Gasteiger partial charge in [0.05, 0.1) is 12.7 Å². The Kier molecular flexibility index (Phi) is 3.61. The number of amides is 1. The largest absolute Gasteiger partial charge is 0.497 e. The van der Waals surface area contributed by atoms with Gasteiger partial charge < -0.3 is 10.5 Å². The van der Waals surface area contributed by atoms with E-state index in [0.29, 0.717) is 16.9 Å². The van der Waals surface area contributed by atoms with E-state index in [1.807, 2.05) is 0 Å². The summed E-state index contributed by atoms with van der Waals surface area (Å²) in [6, 6.07) is 13.2.